The molecule has 19 heavy (non-hydrogen) atoms. The number of nitrogens with two attached hydrogens (primary N) is 1. The first kappa shape index (κ1) is 14.0. The highest BCUT2D eigenvalue weighted by Crippen LogP contribution is 2.32. The summed E-state index contributed by atoms with van der Waals surface area (Å²) in [5, 5.41) is 0. The summed E-state index contributed by atoms with van der Waals surface area (Å²) in [6.45, 7) is 4.29. The summed E-state index contributed by atoms with van der Waals surface area (Å²) >= 11 is 0. The zero-order valence-electron chi connectivity index (χ0n) is 11.1. The largest absolute Gasteiger partial charge is 0.472 e. The van der Waals surface area contributed by atoms with Crippen molar-refractivity contribution in [2.75, 3.05) is 5.43 Å². The van der Waals surface area contributed by atoms with E-state index in [2.05, 4.69) is 24.3 Å². The Morgan fingerprint density at radius 2 is 1.84 bits per heavy atom. The minimum atomic E-state index is -0.835. The van der Waals surface area contributed by atoms with E-state index < -0.39 is 11.6 Å². The van der Waals surface area contributed by atoms with E-state index in [1.807, 2.05) is 0 Å². The second-order valence-corrected chi connectivity index (χ2v) is 5.41. The molecule has 1 aromatic rings. The number of rotatable bonds is 3. The van der Waals surface area contributed by atoms with E-state index in [1.165, 1.54) is 0 Å². The minimum absolute atomic E-state index is 0.0863. The number of aromatic nitrogens is 1. The van der Waals surface area contributed by atoms with Crippen LogP contribution in [0, 0.1) is 23.5 Å². The molecule has 0 bridgehead atoms. The van der Waals surface area contributed by atoms with Crippen LogP contribution in [0.2, 0.25) is 0 Å². The summed E-state index contributed by atoms with van der Waals surface area (Å²) in [5.74, 6) is 4.13. The van der Waals surface area contributed by atoms with Gasteiger partial charge in [0.1, 0.15) is 6.10 Å². The number of nitrogens with one attached hydrogen (secondary N) is 1. The maximum absolute atomic E-state index is 13.6. The molecule has 0 saturated heterocycles. The van der Waals surface area contributed by atoms with Gasteiger partial charge in [0, 0.05) is 6.07 Å². The number of ether oxygens (including phenoxy) is 1. The molecule has 0 radical (unpaired) electrons. The molecule has 0 amide bonds. The number of halogens is 2. The first-order valence-electron chi connectivity index (χ1n) is 6.49. The Kier molecular flexibility index (Phi) is 4.19. The monoisotopic (exact) mass is 271 g/mol. The van der Waals surface area contributed by atoms with E-state index in [0.29, 0.717) is 11.8 Å². The van der Waals surface area contributed by atoms with Gasteiger partial charge in [0.25, 0.3) is 5.88 Å². The molecular weight excluding hydrogens is 252 g/mol. The van der Waals surface area contributed by atoms with Crippen LogP contribution in [0.15, 0.2) is 6.07 Å². The zero-order valence-corrected chi connectivity index (χ0v) is 11.1. The van der Waals surface area contributed by atoms with Crippen LogP contribution in [0.3, 0.4) is 0 Å². The molecule has 1 heterocycles. The molecule has 1 fully saturated rings. The third-order valence-electron chi connectivity index (χ3n) is 3.45. The van der Waals surface area contributed by atoms with Crippen molar-refractivity contribution in [2.24, 2.45) is 17.7 Å². The minimum Gasteiger partial charge on any atom is -0.472 e. The number of pyridine rings is 1. The third-order valence-corrected chi connectivity index (χ3v) is 3.45. The number of anilines is 1. The number of hydrogen-bond donors (Lipinski definition) is 2. The fraction of sp³-hybridized carbons (Fsp3) is 0.615. The molecule has 6 heteroatoms. The first-order valence-corrected chi connectivity index (χ1v) is 6.49. The molecule has 2 rings (SSSR count). The number of nitrogen functional groups attached to an aromatic ring is 1. The van der Waals surface area contributed by atoms with Crippen molar-refractivity contribution >= 4 is 5.82 Å². The molecule has 0 aliphatic heterocycles. The fourth-order valence-corrected chi connectivity index (χ4v) is 2.76. The molecule has 2 atom stereocenters. The Balaban J connectivity index is 2.14. The average Bonchev–Trinajstić information content (AvgIpc) is 2.31. The van der Waals surface area contributed by atoms with E-state index in [-0.39, 0.29) is 17.8 Å². The molecule has 106 valence electrons. The quantitative estimate of drug-likeness (QED) is 0.655. The molecule has 2 unspecified atom stereocenters. The summed E-state index contributed by atoms with van der Waals surface area (Å²) in [7, 11) is 0. The summed E-state index contributed by atoms with van der Waals surface area (Å²) in [6.07, 6.45) is 2.77. The van der Waals surface area contributed by atoms with Gasteiger partial charge in [-0.25, -0.2) is 14.6 Å². The van der Waals surface area contributed by atoms with Crippen LogP contribution >= 0.6 is 0 Å². The van der Waals surface area contributed by atoms with Crippen molar-refractivity contribution in [1.29, 1.82) is 0 Å². The van der Waals surface area contributed by atoms with Gasteiger partial charge in [0.15, 0.2) is 17.5 Å². The highest BCUT2D eigenvalue weighted by molar-refractivity contribution is 5.38. The standard InChI is InChI=1S/C13H19F2N3O/c1-7-3-8(2)5-9(4-7)19-13-11(15)6-10(14)12(17-13)18-16/h6-9H,3-5,16H2,1-2H3,(H,17,18). The van der Waals surface area contributed by atoms with Gasteiger partial charge < -0.3 is 10.2 Å². The van der Waals surface area contributed by atoms with Gasteiger partial charge in [0.05, 0.1) is 0 Å². The van der Waals surface area contributed by atoms with Gasteiger partial charge in [-0.15, -0.1) is 0 Å². The predicted molar refractivity (Wildman–Crippen MR) is 68.6 cm³/mol. The molecule has 1 aliphatic carbocycles. The molecule has 3 N–H and O–H groups in total. The second kappa shape index (κ2) is 5.69. The summed E-state index contributed by atoms with van der Waals surface area (Å²) < 4.78 is 32.4. The number of nitrogens with zero attached hydrogens (tertiary/aromatic N) is 1. The van der Waals surface area contributed by atoms with Gasteiger partial charge in [0.2, 0.25) is 0 Å². The van der Waals surface area contributed by atoms with Crippen LogP contribution in [-0.2, 0) is 0 Å². The summed E-state index contributed by atoms with van der Waals surface area (Å²) in [6, 6.07) is 0.729. The van der Waals surface area contributed by atoms with Crippen molar-refractivity contribution in [3.8, 4) is 5.88 Å². The molecule has 0 aromatic carbocycles. The van der Waals surface area contributed by atoms with Gasteiger partial charge in [-0.2, -0.15) is 4.98 Å². The van der Waals surface area contributed by atoms with Crippen molar-refractivity contribution in [2.45, 2.75) is 39.2 Å². The Bertz CT molecular complexity index is 446. The first-order chi connectivity index (χ1) is 8.99. The smallest absolute Gasteiger partial charge is 0.252 e. The molecule has 0 spiro atoms. The Hall–Kier alpha value is -1.43. The third kappa shape index (κ3) is 3.32. The van der Waals surface area contributed by atoms with E-state index in [4.69, 9.17) is 10.6 Å². The van der Waals surface area contributed by atoms with Crippen molar-refractivity contribution in [1.82, 2.24) is 4.98 Å². The summed E-state index contributed by atoms with van der Waals surface area (Å²) in [4.78, 5) is 3.73. The van der Waals surface area contributed by atoms with Crippen molar-refractivity contribution in [3.63, 3.8) is 0 Å². The van der Waals surface area contributed by atoms with Gasteiger partial charge in [-0.3, -0.25) is 0 Å². The maximum Gasteiger partial charge on any atom is 0.252 e. The van der Waals surface area contributed by atoms with Crippen LogP contribution in [-0.4, -0.2) is 11.1 Å². The Labute approximate surface area is 111 Å². The van der Waals surface area contributed by atoms with Crippen molar-refractivity contribution in [3.05, 3.63) is 17.7 Å². The van der Waals surface area contributed by atoms with Crippen LogP contribution in [0.1, 0.15) is 33.1 Å². The SMILES string of the molecule is CC1CC(C)CC(Oc2nc(NN)c(F)cc2F)C1. The highest BCUT2D eigenvalue weighted by Gasteiger charge is 2.26. The molecule has 4 nitrogen and oxygen atoms in total. The molecule has 1 aromatic heterocycles. The van der Waals surface area contributed by atoms with Crippen LogP contribution in [0.5, 0.6) is 5.88 Å². The van der Waals surface area contributed by atoms with Crippen LogP contribution in [0.4, 0.5) is 14.6 Å². The topological polar surface area (TPSA) is 60.2 Å². The van der Waals surface area contributed by atoms with Gasteiger partial charge in [-0.05, 0) is 31.1 Å². The van der Waals surface area contributed by atoms with Crippen molar-refractivity contribution < 1.29 is 13.5 Å². The van der Waals surface area contributed by atoms with Crippen LogP contribution < -0.4 is 16.0 Å². The van der Waals surface area contributed by atoms with Crippen LogP contribution in [0.25, 0.3) is 0 Å². The normalized spacial score (nSPS) is 27.1. The lowest BCUT2D eigenvalue weighted by Gasteiger charge is -2.31. The zero-order chi connectivity index (χ0) is 14.0. The highest BCUT2D eigenvalue weighted by atomic mass is 19.1. The molecular formula is C13H19F2N3O. The van der Waals surface area contributed by atoms with E-state index in [1.54, 1.807) is 0 Å². The van der Waals surface area contributed by atoms with Gasteiger partial charge >= 0.3 is 0 Å². The van der Waals surface area contributed by atoms with E-state index in [0.717, 1.165) is 25.3 Å². The number of hydrazine groups is 1. The number of hydrogen-bond acceptors (Lipinski definition) is 4. The predicted octanol–water partition coefficient (Wildman–Crippen LogP) is 2.85. The lowest BCUT2D eigenvalue weighted by atomic mass is 9.82. The van der Waals surface area contributed by atoms with Gasteiger partial charge in [-0.1, -0.05) is 13.8 Å². The lowest BCUT2D eigenvalue weighted by Crippen LogP contribution is -2.29. The molecule has 1 aliphatic rings. The average molecular weight is 271 g/mol. The Morgan fingerprint density at radius 1 is 1.21 bits per heavy atom. The second-order valence-electron chi connectivity index (χ2n) is 5.41. The Morgan fingerprint density at radius 3 is 2.42 bits per heavy atom. The fourth-order valence-electron chi connectivity index (χ4n) is 2.76. The van der Waals surface area contributed by atoms with E-state index in [9.17, 15) is 8.78 Å². The lowest BCUT2D eigenvalue weighted by molar-refractivity contribution is 0.0923. The van der Waals surface area contributed by atoms with E-state index >= 15 is 0 Å². The maximum atomic E-state index is 13.6. The molecule has 1 saturated carbocycles. The summed E-state index contributed by atoms with van der Waals surface area (Å²) in [5.41, 5.74) is 2.08.